The van der Waals surface area contributed by atoms with Crippen molar-refractivity contribution in [2.24, 2.45) is 0 Å². The zero-order valence-corrected chi connectivity index (χ0v) is 13.9. The summed E-state index contributed by atoms with van der Waals surface area (Å²) < 4.78 is 0. The lowest BCUT2D eigenvalue weighted by Crippen LogP contribution is -2.50. The Kier molecular flexibility index (Phi) is 4.94. The molecular weight excluding hydrogens is 300 g/mol. The molecule has 4 heteroatoms. The molecule has 1 saturated heterocycles. The van der Waals surface area contributed by atoms with Gasteiger partial charge in [-0.25, -0.2) is 0 Å². The predicted octanol–water partition coefficient (Wildman–Crippen LogP) is 2.48. The highest BCUT2D eigenvalue weighted by Crippen LogP contribution is 2.30. The van der Waals surface area contributed by atoms with Gasteiger partial charge in [-0.15, -0.1) is 0 Å². The Bertz CT molecular complexity index is 727. The molecule has 1 N–H and O–H groups in total. The number of nitrogens with zero attached hydrogens (tertiary/aromatic N) is 1. The molecule has 0 bridgehead atoms. The van der Waals surface area contributed by atoms with Gasteiger partial charge >= 0.3 is 0 Å². The van der Waals surface area contributed by atoms with E-state index in [0.717, 1.165) is 5.56 Å². The Hall–Kier alpha value is -2.62. The van der Waals surface area contributed by atoms with Crippen LogP contribution >= 0.6 is 0 Å². The Labute approximate surface area is 142 Å². The van der Waals surface area contributed by atoms with E-state index in [0.29, 0.717) is 19.5 Å². The van der Waals surface area contributed by atoms with Crippen molar-refractivity contribution in [2.75, 3.05) is 19.6 Å². The third kappa shape index (κ3) is 3.65. The number of nitrogens with one attached hydrogen (secondary N) is 1. The summed E-state index contributed by atoms with van der Waals surface area (Å²) in [5.41, 5.74) is 3.47. The van der Waals surface area contributed by atoms with E-state index in [4.69, 9.17) is 0 Å². The smallest absolute Gasteiger partial charge is 0.239 e. The van der Waals surface area contributed by atoms with Gasteiger partial charge in [0.25, 0.3) is 0 Å². The largest absolute Gasteiger partial charge is 0.353 e. The van der Waals surface area contributed by atoms with Gasteiger partial charge in [-0.1, -0.05) is 54.6 Å². The van der Waals surface area contributed by atoms with Crippen molar-refractivity contribution in [3.05, 3.63) is 71.3 Å². The molecular formula is C20H22N2O2. The molecule has 1 aliphatic heterocycles. The van der Waals surface area contributed by atoms with Crippen LogP contribution in [0.5, 0.6) is 0 Å². The molecule has 2 aromatic rings. The number of amides is 2. The van der Waals surface area contributed by atoms with E-state index in [2.05, 4.69) is 36.5 Å². The zero-order valence-electron chi connectivity index (χ0n) is 13.9. The summed E-state index contributed by atoms with van der Waals surface area (Å²) in [5.74, 6) is -0.0476. The summed E-state index contributed by atoms with van der Waals surface area (Å²) in [6.07, 6.45) is 0.377. The molecule has 24 heavy (non-hydrogen) atoms. The maximum Gasteiger partial charge on any atom is 0.239 e. The summed E-state index contributed by atoms with van der Waals surface area (Å²) in [6, 6.07) is 18.3. The van der Waals surface area contributed by atoms with Crippen molar-refractivity contribution in [1.29, 1.82) is 0 Å². The average Bonchev–Trinajstić information content (AvgIpc) is 2.61. The zero-order chi connectivity index (χ0) is 16.9. The van der Waals surface area contributed by atoms with Crippen molar-refractivity contribution in [3.8, 4) is 0 Å². The van der Waals surface area contributed by atoms with Crippen LogP contribution in [0.15, 0.2) is 54.6 Å². The normalized spacial score (nSPS) is 15.7. The molecule has 0 unspecified atom stereocenters. The molecule has 1 heterocycles. The van der Waals surface area contributed by atoms with Crippen molar-refractivity contribution < 1.29 is 9.59 Å². The van der Waals surface area contributed by atoms with Crippen LogP contribution in [0.4, 0.5) is 0 Å². The molecule has 3 rings (SSSR count). The number of piperazine rings is 1. The molecule has 4 nitrogen and oxygen atoms in total. The van der Waals surface area contributed by atoms with Crippen molar-refractivity contribution >= 4 is 11.8 Å². The van der Waals surface area contributed by atoms with Gasteiger partial charge in [-0.2, -0.15) is 0 Å². The second-order valence-corrected chi connectivity index (χ2v) is 6.19. The molecule has 0 spiro atoms. The lowest BCUT2D eigenvalue weighted by molar-refractivity contribution is -0.138. The Balaban J connectivity index is 1.87. The van der Waals surface area contributed by atoms with E-state index in [-0.39, 0.29) is 24.3 Å². The highest BCUT2D eigenvalue weighted by atomic mass is 16.2. The number of carbonyl (C=O) groups is 2. The number of rotatable bonds is 4. The number of benzene rings is 2. The van der Waals surface area contributed by atoms with E-state index in [9.17, 15) is 9.59 Å². The highest BCUT2D eigenvalue weighted by molar-refractivity contribution is 5.86. The summed E-state index contributed by atoms with van der Waals surface area (Å²) in [5, 5.41) is 2.76. The molecule has 1 atom stereocenters. The second kappa shape index (κ2) is 7.30. The fourth-order valence-electron chi connectivity index (χ4n) is 3.23. The highest BCUT2D eigenvalue weighted by Gasteiger charge is 2.26. The van der Waals surface area contributed by atoms with E-state index >= 15 is 0 Å². The van der Waals surface area contributed by atoms with Gasteiger partial charge < -0.3 is 10.2 Å². The lowest BCUT2D eigenvalue weighted by atomic mass is 9.85. The summed E-state index contributed by atoms with van der Waals surface area (Å²) in [4.78, 5) is 26.0. The Morgan fingerprint density at radius 2 is 1.83 bits per heavy atom. The van der Waals surface area contributed by atoms with Crippen LogP contribution in [0, 0.1) is 6.92 Å². The summed E-state index contributed by atoms with van der Waals surface area (Å²) in [6.45, 7) is 3.35. The first-order chi connectivity index (χ1) is 11.6. The SMILES string of the molecule is Cc1ccccc1[C@H](CC(=O)N1CCNC(=O)C1)c1ccccc1. The molecule has 2 amide bonds. The fourth-order valence-corrected chi connectivity index (χ4v) is 3.23. The molecule has 1 aliphatic rings. The third-order valence-electron chi connectivity index (χ3n) is 4.54. The summed E-state index contributed by atoms with van der Waals surface area (Å²) in [7, 11) is 0. The monoisotopic (exact) mass is 322 g/mol. The van der Waals surface area contributed by atoms with Crippen LogP contribution in [0.2, 0.25) is 0 Å². The van der Waals surface area contributed by atoms with Crippen molar-refractivity contribution in [3.63, 3.8) is 0 Å². The van der Waals surface area contributed by atoms with Gasteiger partial charge in [0.15, 0.2) is 0 Å². The maximum atomic E-state index is 12.8. The van der Waals surface area contributed by atoms with Crippen LogP contribution in [0.3, 0.4) is 0 Å². The van der Waals surface area contributed by atoms with Crippen LogP contribution < -0.4 is 5.32 Å². The number of aryl methyl sites for hydroxylation is 1. The van der Waals surface area contributed by atoms with Crippen LogP contribution in [0.25, 0.3) is 0 Å². The molecule has 0 aliphatic carbocycles. The third-order valence-corrected chi connectivity index (χ3v) is 4.54. The second-order valence-electron chi connectivity index (χ2n) is 6.19. The van der Waals surface area contributed by atoms with Crippen LogP contribution in [0.1, 0.15) is 29.0 Å². The van der Waals surface area contributed by atoms with Crippen LogP contribution in [-0.2, 0) is 9.59 Å². The minimum absolute atomic E-state index is 0.00453. The van der Waals surface area contributed by atoms with E-state index < -0.39 is 0 Å². The van der Waals surface area contributed by atoms with Gasteiger partial charge in [-0.05, 0) is 23.6 Å². The molecule has 124 valence electrons. The number of hydrogen-bond acceptors (Lipinski definition) is 2. The predicted molar refractivity (Wildman–Crippen MR) is 93.7 cm³/mol. The van der Waals surface area contributed by atoms with E-state index in [1.165, 1.54) is 11.1 Å². The Morgan fingerprint density at radius 1 is 1.12 bits per heavy atom. The molecule has 0 saturated carbocycles. The molecule has 2 aromatic carbocycles. The Morgan fingerprint density at radius 3 is 2.54 bits per heavy atom. The molecule has 1 fully saturated rings. The van der Waals surface area contributed by atoms with Gasteiger partial charge in [0.2, 0.25) is 11.8 Å². The standard InChI is InChI=1S/C20H22N2O2/c1-15-7-5-6-10-17(15)18(16-8-3-2-4-9-16)13-20(24)22-12-11-21-19(23)14-22/h2-10,18H,11-14H2,1H3,(H,21,23)/t18-/m1/s1. The number of hydrogen-bond donors (Lipinski definition) is 1. The average molecular weight is 322 g/mol. The minimum atomic E-state index is -0.0817. The van der Waals surface area contributed by atoms with Crippen molar-refractivity contribution in [2.45, 2.75) is 19.3 Å². The first-order valence-corrected chi connectivity index (χ1v) is 8.30. The van der Waals surface area contributed by atoms with Crippen molar-refractivity contribution in [1.82, 2.24) is 10.2 Å². The summed E-state index contributed by atoms with van der Waals surface area (Å²) >= 11 is 0. The number of carbonyl (C=O) groups excluding carboxylic acids is 2. The van der Waals surface area contributed by atoms with Crippen LogP contribution in [-0.4, -0.2) is 36.3 Å². The first kappa shape index (κ1) is 16.2. The lowest BCUT2D eigenvalue weighted by Gasteiger charge is -2.29. The van der Waals surface area contributed by atoms with E-state index in [1.54, 1.807) is 4.90 Å². The first-order valence-electron chi connectivity index (χ1n) is 8.30. The molecule has 0 aromatic heterocycles. The topological polar surface area (TPSA) is 49.4 Å². The maximum absolute atomic E-state index is 12.8. The van der Waals surface area contributed by atoms with Gasteiger partial charge in [-0.3, -0.25) is 9.59 Å². The van der Waals surface area contributed by atoms with Gasteiger partial charge in [0.05, 0.1) is 6.54 Å². The minimum Gasteiger partial charge on any atom is -0.353 e. The molecule has 0 radical (unpaired) electrons. The quantitative estimate of drug-likeness (QED) is 0.940. The van der Waals surface area contributed by atoms with E-state index in [1.807, 2.05) is 30.3 Å². The fraction of sp³-hybridized carbons (Fsp3) is 0.300. The van der Waals surface area contributed by atoms with Gasteiger partial charge in [0.1, 0.15) is 0 Å². The van der Waals surface area contributed by atoms with Gasteiger partial charge in [0, 0.05) is 25.4 Å².